The van der Waals surface area contributed by atoms with E-state index in [4.69, 9.17) is 5.11 Å². The van der Waals surface area contributed by atoms with E-state index in [2.05, 4.69) is 10.6 Å². The van der Waals surface area contributed by atoms with Gasteiger partial charge >= 0.3 is 12.0 Å². The highest BCUT2D eigenvalue weighted by Crippen LogP contribution is 2.10. The molecule has 1 aliphatic heterocycles. The van der Waals surface area contributed by atoms with Crippen molar-refractivity contribution in [3.8, 4) is 0 Å². The number of unbranched alkanes of at least 4 members (excludes halogenated alkanes) is 1. The number of hydrogen-bond donors (Lipinski definition) is 3. The lowest BCUT2D eigenvalue weighted by Gasteiger charge is -2.11. The van der Waals surface area contributed by atoms with Crippen LogP contribution in [0, 0.1) is 0 Å². The van der Waals surface area contributed by atoms with Crippen LogP contribution in [0.2, 0.25) is 0 Å². The van der Waals surface area contributed by atoms with E-state index >= 15 is 0 Å². The molecule has 0 bridgehead atoms. The van der Waals surface area contributed by atoms with E-state index in [0.717, 1.165) is 4.90 Å². The van der Waals surface area contributed by atoms with Gasteiger partial charge in [-0.2, -0.15) is 0 Å². The molecule has 0 aliphatic carbocycles. The van der Waals surface area contributed by atoms with Gasteiger partial charge in [0.2, 0.25) is 5.91 Å². The van der Waals surface area contributed by atoms with E-state index in [1.165, 1.54) is 7.05 Å². The second kappa shape index (κ2) is 6.72. The summed E-state index contributed by atoms with van der Waals surface area (Å²) in [7, 11) is 1.37. The monoisotopic (exact) mass is 271 g/mol. The van der Waals surface area contributed by atoms with E-state index in [1.54, 1.807) is 0 Å². The van der Waals surface area contributed by atoms with Crippen LogP contribution in [-0.4, -0.2) is 53.5 Å². The van der Waals surface area contributed by atoms with Gasteiger partial charge in [0.05, 0.1) is 6.42 Å². The number of nitrogens with one attached hydrogen (secondary N) is 2. The first-order chi connectivity index (χ1) is 8.91. The summed E-state index contributed by atoms with van der Waals surface area (Å²) in [5.41, 5.74) is 0. The molecule has 1 fully saturated rings. The molecule has 0 spiro atoms. The van der Waals surface area contributed by atoms with E-state index in [1.807, 2.05) is 0 Å². The number of amides is 4. The quantitative estimate of drug-likeness (QED) is 0.436. The largest absolute Gasteiger partial charge is 0.481 e. The Kier molecular flexibility index (Phi) is 5.28. The molecule has 1 aliphatic rings. The van der Waals surface area contributed by atoms with Gasteiger partial charge in [-0.1, -0.05) is 0 Å². The zero-order chi connectivity index (χ0) is 14.4. The summed E-state index contributed by atoms with van der Waals surface area (Å²) in [6.45, 7) is 0.323. The van der Waals surface area contributed by atoms with E-state index < -0.39 is 23.9 Å². The highest BCUT2D eigenvalue weighted by atomic mass is 16.4. The van der Waals surface area contributed by atoms with Gasteiger partial charge in [-0.3, -0.25) is 19.3 Å². The fourth-order valence-electron chi connectivity index (χ4n) is 1.68. The van der Waals surface area contributed by atoms with Crippen LogP contribution in [0.5, 0.6) is 0 Å². The lowest BCUT2D eigenvalue weighted by molar-refractivity contribution is -0.138. The van der Waals surface area contributed by atoms with Crippen molar-refractivity contribution >= 4 is 23.8 Å². The van der Waals surface area contributed by atoms with E-state index in [-0.39, 0.29) is 18.7 Å². The van der Waals surface area contributed by atoms with Gasteiger partial charge in [0, 0.05) is 20.0 Å². The summed E-state index contributed by atoms with van der Waals surface area (Å²) >= 11 is 0. The normalized spacial score (nSPS) is 18.6. The van der Waals surface area contributed by atoms with Crippen LogP contribution >= 0.6 is 0 Å². The molecule has 19 heavy (non-hydrogen) atoms. The minimum Gasteiger partial charge on any atom is -0.481 e. The molecule has 8 heteroatoms. The Morgan fingerprint density at radius 1 is 1.37 bits per heavy atom. The fourth-order valence-corrected chi connectivity index (χ4v) is 1.68. The number of nitrogens with zero attached hydrogens (tertiary/aromatic N) is 1. The van der Waals surface area contributed by atoms with Crippen molar-refractivity contribution in [1.29, 1.82) is 0 Å². The minimum absolute atomic E-state index is 0.0260. The number of carboxylic acids is 1. The Labute approximate surface area is 110 Å². The van der Waals surface area contributed by atoms with Crippen molar-refractivity contribution in [3.63, 3.8) is 0 Å². The third-order valence-electron chi connectivity index (χ3n) is 2.79. The molecular formula is C11H17N3O5. The maximum absolute atomic E-state index is 11.5. The average molecular weight is 271 g/mol. The first-order valence-corrected chi connectivity index (χ1v) is 5.98. The van der Waals surface area contributed by atoms with Crippen LogP contribution in [0.1, 0.15) is 25.7 Å². The summed E-state index contributed by atoms with van der Waals surface area (Å²) < 4.78 is 0. The molecule has 0 saturated carbocycles. The molecule has 0 radical (unpaired) electrons. The maximum atomic E-state index is 11.5. The summed E-state index contributed by atoms with van der Waals surface area (Å²) in [6, 6.07) is -1.34. The molecular weight excluding hydrogens is 254 g/mol. The molecule has 0 aromatic rings. The summed E-state index contributed by atoms with van der Waals surface area (Å²) in [5, 5.41) is 13.3. The lowest BCUT2D eigenvalue weighted by atomic mass is 10.2. The number of imide groups is 1. The van der Waals surface area contributed by atoms with Crippen LogP contribution in [0.4, 0.5) is 4.79 Å². The van der Waals surface area contributed by atoms with Gasteiger partial charge in [0.25, 0.3) is 5.91 Å². The maximum Gasteiger partial charge on any atom is 0.315 e. The molecule has 1 heterocycles. The molecule has 4 amide bonds. The van der Waals surface area contributed by atoms with Crippen LogP contribution < -0.4 is 10.6 Å². The van der Waals surface area contributed by atoms with Crippen molar-refractivity contribution in [1.82, 2.24) is 15.5 Å². The first kappa shape index (κ1) is 14.9. The minimum atomic E-state index is -0.873. The first-order valence-electron chi connectivity index (χ1n) is 5.98. The molecule has 8 nitrogen and oxygen atoms in total. The highest BCUT2D eigenvalue weighted by Gasteiger charge is 2.36. The van der Waals surface area contributed by atoms with Gasteiger partial charge in [0.15, 0.2) is 0 Å². The number of rotatable bonds is 6. The number of carbonyl (C=O) groups is 4. The number of carbonyl (C=O) groups excluding carboxylic acids is 3. The Hall–Kier alpha value is -2.12. The third kappa shape index (κ3) is 4.57. The summed E-state index contributed by atoms with van der Waals surface area (Å²) in [5.74, 6) is -1.62. The Morgan fingerprint density at radius 3 is 2.58 bits per heavy atom. The van der Waals surface area contributed by atoms with Crippen LogP contribution in [0.3, 0.4) is 0 Å². The fraction of sp³-hybridized carbons (Fsp3) is 0.636. The van der Waals surface area contributed by atoms with Crippen molar-refractivity contribution in [2.45, 2.75) is 31.7 Å². The van der Waals surface area contributed by atoms with Crippen LogP contribution in [-0.2, 0) is 14.4 Å². The molecule has 1 rings (SSSR count). The van der Waals surface area contributed by atoms with Crippen molar-refractivity contribution in [2.24, 2.45) is 0 Å². The second-order valence-corrected chi connectivity index (χ2v) is 4.30. The van der Waals surface area contributed by atoms with Crippen molar-refractivity contribution in [2.75, 3.05) is 13.6 Å². The average Bonchev–Trinajstić information content (AvgIpc) is 2.56. The predicted octanol–water partition coefficient (Wildman–Crippen LogP) is -0.702. The van der Waals surface area contributed by atoms with Crippen molar-refractivity contribution < 1.29 is 24.3 Å². The number of carboxylic acid groups (broad SMARTS) is 1. The SMILES string of the molecule is CN1C(=O)CC(NC(=O)NCCCCC(=O)O)C1=O. The third-order valence-corrected chi connectivity index (χ3v) is 2.79. The van der Waals surface area contributed by atoms with Crippen molar-refractivity contribution in [3.05, 3.63) is 0 Å². The zero-order valence-corrected chi connectivity index (χ0v) is 10.6. The van der Waals surface area contributed by atoms with Gasteiger partial charge in [-0.25, -0.2) is 4.79 Å². The molecule has 1 atom stereocenters. The van der Waals surface area contributed by atoms with Crippen LogP contribution in [0.25, 0.3) is 0 Å². The number of urea groups is 1. The lowest BCUT2D eigenvalue weighted by Crippen LogP contribution is -2.45. The molecule has 0 aromatic carbocycles. The summed E-state index contributed by atoms with van der Waals surface area (Å²) in [4.78, 5) is 45.4. The van der Waals surface area contributed by atoms with Gasteiger partial charge in [-0.15, -0.1) is 0 Å². The predicted molar refractivity (Wildman–Crippen MR) is 64.2 cm³/mol. The Balaban J connectivity index is 2.20. The molecule has 3 N–H and O–H groups in total. The second-order valence-electron chi connectivity index (χ2n) is 4.30. The molecule has 1 saturated heterocycles. The molecule has 0 aromatic heterocycles. The van der Waals surface area contributed by atoms with E-state index in [9.17, 15) is 19.2 Å². The zero-order valence-electron chi connectivity index (χ0n) is 10.6. The highest BCUT2D eigenvalue weighted by molar-refractivity contribution is 6.06. The Bertz CT molecular complexity index is 396. The standard InChI is InChI=1S/C11H17N3O5/c1-14-8(15)6-7(10(14)18)13-11(19)12-5-3-2-4-9(16)17/h7H,2-6H2,1H3,(H,16,17)(H2,12,13,19). The van der Waals surface area contributed by atoms with Gasteiger partial charge < -0.3 is 15.7 Å². The topological polar surface area (TPSA) is 116 Å². The Morgan fingerprint density at radius 2 is 2.05 bits per heavy atom. The number of likely N-dealkylation sites (tertiary alicyclic amines) is 1. The number of aliphatic carboxylic acids is 1. The number of likely N-dealkylation sites (N-methyl/N-ethyl adjacent to an activating group) is 1. The molecule has 1 unspecified atom stereocenters. The number of hydrogen-bond acceptors (Lipinski definition) is 4. The van der Waals surface area contributed by atoms with Gasteiger partial charge in [0.1, 0.15) is 6.04 Å². The van der Waals surface area contributed by atoms with Gasteiger partial charge in [-0.05, 0) is 12.8 Å². The summed E-state index contributed by atoms with van der Waals surface area (Å²) in [6.07, 6.45) is 1.04. The van der Waals surface area contributed by atoms with E-state index in [0.29, 0.717) is 19.4 Å². The molecule has 106 valence electrons. The smallest absolute Gasteiger partial charge is 0.315 e. The van der Waals surface area contributed by atoms with Crippen LogP contribution in [0.15, 0.2) is 0 Å².